The first-order valence-corrected chi connectivity index (χ1v) is 10.1. The summed E-state index contributed by atoms with van der Waals surface area (Å²) in [5.74, 6) is 1.61. The molecular formula is C19H24N4O3S. The maximum absolute atomic E-state index is 11.9. The first-order chi connectivity index (χ1) is 13.2. The van der Waals surface area contributed by atoms with Crippen LogP contribution in [-0.4, -0.2) is 55.3 Å². The first-order valence-electron chi connectivity index (χ1n) is 9.28. The summed E-state index contributed by atoms with van der Waals surface area (Å²) in [7, 11) is 0. The van der Waals surface area contributed by atoms with Crippen molar-refractivity contribution in [2.24, 2.45) is 0 Å². The minimum absolute atomic E-state index is 0.0451. The third kappa shape index (κ3) is 3.72. The molecule has 3 heterocycles. The Balaban J connectivity index is 1.36. The van der Waals surface area contributed by atoms with Gasteiger partial charge in [-0.2, -0.15) is 0 Å². The highest BCUT2D eigenvalue weighted by atomic mass is 32.1. The summed E-state index contributed by atoms with van der Waals surface area (Å²) < 4.78 is 10.9. The van der Waals surface area contributed by atoms with Gasteiger partial charge in [0.1, 0.15) is 4.88 Å². The summed E-state index contributed by atoms with van der Waals surface area (Å²) in [6, 6.07) is 6.50. The average molecular weight is 388 g/mol. The number of ether oxygens (including phenoxy) is 2. The fourth-order valence-electron chi connectivity index (χ4n) is 3.45. The fraction of sp³-hybridized carbons (Fsp3) is 0.474. The number of carbonyl (C=O) groups excluding carboxylic acids is 1. The lowest BCUT2D eigenvalue weighted by molar-refractivity contribution is 0.0959. The van der Waals surface area contributed by atoms with Crippen LogP contribution in [0.4, 0.5) is 5.13 Å². The molecule has 2 aliphatic heterocycles. The number of hydrogen-bond acceptors (Lipinski definition) is 7. The van der Waals surface area contributed by atoms with Crippen molar-refractivity contribution < 1.29 is 14.3 Å². The number of benzene rings is 1. The molecule has 0 radical (unpaired) electrons. The molecule has 1 fully saturated rings. The molecule has 8 heteroatoms. The van der Waals surface area contributed by atoms with Crippen LogP contribution in [0.5, 0.6) is 11.5 Å². The number of anilines is 1. The van der Waals surface area contributed by atoms with Crippen LogP contribution in [0.25, 0.3) is 0 Å². The summed E-state index contributed by atoms with van der Waals surface area (Å²) in [5, 5.41) is 3.74. The summed E-state index contributed by atoms with van der Waals surface area (Å²) in [5.41, 5.74) is 1.24. The van der Waals surface area contributed by atoms with Crippen LogP contribution in [0.3, 0.4) is 0 Å². The summed E-state index contributed by atoms with van der Waals surface area (Å²) >= 11 is 1.46. The normalized spacial score (nSPS) is 17.8. The molecule has 0 saturated carbocycles. The number of amides is 1. The molecule has 2 aliphatic rings. The molecule has 1 aromatic carbocycles. The largest absolute Gasteiger partial charge is 0.454 e. The molecule has 0 aliphatic carbocycles. The second kappa shape index (κ2) is 7.74. The minimum atomic E-state index is -0.0451. The number of hydrogen-bond donors (Lipinski definition) is 1. The van der Waals surface area contributed by atoms with Crippen LogP contribution in [0.1, 0.15) is 35.1 Å². The highest BCUT2D eigenvalue weighted by Gasteiger charge is 2.25. The van der Waals surface area contributed by atoms with Gasteiger partial charge < -0.3 is 19.7 Å². The smallest absolute Gasteiger partial charge is 0.263 e. The summed E-state index contributed by atoms with van der Waals surface area (Å²) in [6.45, 7) is 8.77. The first kappa shape index (κ1) is 18.1. The van der Waals surface area contributed by atoms with Crippen molar-refractivity contribution in [3.05, 3.63) is 34.8 Å². The van der Waals surface area contributed by atoms with Crippen molar-refractivity contribution in [3.8, 4) is 11.5 Å². The molecule has 4 rings (SSSR count). The molecule has 7 nitrogen and oxygen atoms in total. The van der Waals surface area contributed by atoms with Crippen molar-refractivity contribution in [1.82, 2.24) is 15.2 Å². The summed E-state index contributed by atoms with van der Waals surface area (Å²) in [4.78, 5) is 21.8. The van der Waals surface area contributed by atoms with Gasteiger partial charge in [-0.15, -0.1) is 0 Å². The maximum atomic E-state index is 11.9. The third-order valence-corrected chi connectivity index (χ3v) is 6.12. The van der Waals surface area contributed by atoms with Gasteiger partial charge in [-0.25, -0.2) is 4.98 Å². The van der Waals surface area contributed by atoms with Gasteiger partial charge in [0.15, 0.2) is 16.6 Å². The van der Waals surface area contributed by atoms with E-state index in [1.807, 2.05) is 13.0 Å². The molecule has 1 aromatic heterocycles. The number of fused-ring (bicyclic) bond motifs is 1. The van der Waals surface area contributed by atoms with E-state index < -0.39 is 0 Å². The number of nitrogens with one attached hydrogen (secondary N) is 1. The standard InChI is InChI=1S/C19H24N4O3S/c1-3-20-18(24)17-11-21-19(27-17)23-8-6-22(7-9-23)13(2)14-4-5-15-16(10-14)26-12-25-15/h4-5,10-11,13H,3,6-9,12H2,1-2H3,(H,20,24)/t13-/m0/s1. The van der Waals surface area contributed by atoms with Gasteiger partial charge in [-0.3, -0.25) is 9.69 Å². The topological polar surface area (TPSA) is 66.9 Å². The number of aromatic nitrogens is 1. The SMILES string of the molecule is CCNC(=O)c1cnc(N2CCN([C@@H](C)c3ccc4c(c3)OCO4)CC2)s1. The van der Waals surface area contributed by atoms with Crippen LogP contribution < -0.4 is 19.7 Å². The molecule has 0 bridgehead atoms. The number of piperazine rings is 1. The lowest BCUT2D eigenvalue weighted by atomic mass is 10.1. The van der Waals surface area contributed by atoms with Gasteiger partial charge in [0.2, 0.25) is 6.79 Å². The Kier molecular flexibility index (Phi) is 5.18. The fourth-order valence-corrected chi connectivity index (χ4v) is 4.33. The van der Waals surface area contributed by atoms with Gasteiger partial charge >= 0.3 is 0 Å². The molecule has 1 amide bonds. The Bertz CT molecular complexity index is 817. The van der Waals surface area contributed by atoms with E-state index in [2.05, 4.69) is 39.2 Å². The summed E-state index contributed by atoms with van der Waals surface area (Å²) in [6.07, 6.45) is 1.67. The van der Waals surface area contributed by atoms with Gasteiger partial charge in [-0.1, -0.05) is 17.4 Å². The molecule has 27 heavy (non-hydrogen) atoms. The van der Waals surface area contributed by atoms with Crippen LogP contribution in [-0.2, 0) is 0 Å². The molecule has 0 unspecified atom stereocenters. The van der Waals surface area contributed by atoms with E-state index in [-0.39, 0.29) is 5.91 Å². The van der Waals surface area contributed by atoms with Crippen LogP contribution >= 0.6 is 11.3 Å². The zero-order valence-corrected chi connectivity index (χ0v) is 16.4. The zero-order chi connectivity index (χ0) is 18.8. The molecule has 2 aromatic rings. The molecule has 144 valence electrons. The highest BCUT2D eigenvalue weighted by molar-refractivity contribution is 7.17. The quantitative estimate of drug-likeness (QED) is 0.849. The van der Waals surface area contributed by atoms with Crippen molar-refractivity contribution in [2.75, 3.05) is 44.4 Å². The second-order valence-electron chi connectivity index (χ2n) is 6.68. The van der Waals surface area contributed by atoms with E-state index in [0.29, 0.717) is 24.3 Å². The predicted octanol–water partition coefficient (Wildman–Crippen LogP) is 2.50. The number of rotatable bonds is 5. The Hall–Kier alpha value is -2.32. The monoisotopic (exact) mass is 388 g/mol. The third-order valence-electron chi connectivity index (χ3n) is 5.07. The van der Waals surface area contributed by atoms with E-state index in [1.54, 1.807) is 6.20 Å². The molecule has 1 N–H and O–H groups in total. The lowest BCUT2D eigenvalue weighted by Crippen LogP contribution is -2.47. The van der Waals surface area contributed by atoms with Gasteiger partial charge in [-0.05, 0) is 31.5 Å². The molecular weight excluding hydrogens is 364 g/mol. The van der Waals surface area contributed by atoms with E-state index in [0.717, 1.165) is 42.8 Å². The van der Waals surface area contributed by atoms with E-state index >= 15 is 0 Å². The van der Waals surface area contributed by atoms with Crippen molar-refractivity contribution in [1.29, 1.82) is 0 Å². The van der Waals surface area contributed by atoms with Crippen molar-refractivity contribution >= 4 is 22.4 Å². The Morgan fingerprint density at radius 1 is 1.26 bits per heavy atom. The lowest BCUT2D eigenvalue weighted by Gasteiger charge is -2.38. The number of thiazole rings is 1. The number of carbonyl (C=O) groups is 1. The molecule has 1 saturated heterocycles. The maximum Gasteiger partial charge on any atom is 0.263 e. The van der Waals surface area contributed by atoms with E-state index in [9.17, 15) is 4.79 Å². The minimum Gasteiger partial charge on any atom is -0.454 e. The average Bonchev–Trinajstić information content (AvgIpc) is 3.36. The Labute approximate surface area is 162 Å². The van der Waals surface area contributed by atoms with E-state index in [4.69, 9.17) is 9.47 Å². The van der Waals surface area contributed by atoms with E-state index in [1.165, 1.54) is 16.9 Å². The van der Waals surface area contributed by atoms with Crippen LogP contribution in [0.15, 0.2) is 24.4 Å². The Morgan fingerprint density at radius 3 is 2.81 bits per heavy atom. The van der Waals surface area contributed by atoms with Gasteiger partial charge in [0, 0.05) is 38.8 Å². The van der Waals surface area contributed by atoms with Gasteiger partial charge in [0.25, 0.3) is 5.91 Å². The highest BCUT2D eigenvalue weighted by Crippen LogP contribution is 2.35. The van der Waals surface area contributed by atoms with Crippen molar-refractivity contribution in [3.63, 3.8) is 0 Å². The van der Waals surface area contributed by atoms with Crippen molar-refractivity contribution in [2.45, 2.75) is 19.9 Å². The predicted molar refractivity (Wildman–Crippen MR) is 105 cm³/mol. The van der Waals surface area contributed by atoms with Crippen LogP contribution in [0.2, 0.25) is 0 Å². The molecule has 1 atom stereocenters. The number of nitrogens with zero attached hydrogens (tertiary/aromatic N) is 3. The van der Waals surface area contributed by atoms with Crippen LogP contribution in [0, 0.1) is 0 Å². The molecule has 0 spiro atoms. The second-order valence-corrected chi connectivity index (χ2v) is 7.69. The Morgan fingerprint density at radius 2 is 2.04 bits per heavy atom. The zero-order valence-electron chi connectivity index (χ0n) is 15.6. The van der Waals surface area contributed by atoms with Gasteiger partial charge in [0.05, 0.1) is 6.20 Å².